The lowest BCUT2D eigenvalue weighted by molar-refractivity contribution is -0.140. The third-order valence-electron chi connectivity index (χ3n) is 9.75. The van der Waals surface area contributed by atoms with Crippen LogP contribution in [0.5, 0.6) is 0 Å². The first-order chi connectivity index (χ1) is 23.2. The van der Waals surface area contributed by atoms with Crippen molar-refractivity contribution in [1.29, 1.82) is 0 Å². The van der Waals surface area contributed by atoms with Crippen LogP contribution < -0.4 is 32.7 Å². The third-order valence-corrected chi connectivity index (χ3v) is 9.75. The fourth-order valence-corrected chi connectivity index (χ4v) is 7.20. The van der Waals surface area contributed by atoms with Gasteiger partial charge in [0.25, 0.3) is 0 Å². The SMILES string of the molecule is NC(N)=NCCC[C@@H]1NC(=O)[C@H](Cc2c[nH]c3ccccc23)NC(=O)[C@@H](CC2CCCCC2)NC(=O)C2CCCN2C(=O)CCNC1=O. The first kappa shape index (κ1) is 34.7. The van der Waals surface area contributed by atoms with Gasteiger partial charge < -0.3 is 42.6 Å². The number of guanidine groups is 1. The first-order valence-corrected chi connectivity index (χ1v) is 17.3. The maximum atomic E-state index is 14.1. The van der Waals surface area contributed by atoms with Gasteiger partial charge in [-0.25, -0.2) is 0 Å². The maximum Gasteiger partial charge on any atom is 0.243 e. The fourth-order valence-electron chi connectivity index (χ4n) is 7.20. The van der Waals surface area contributed by atoms with Crippen molar-refractivity contribution in [2.45, 2.75) is 101 Å². The number of H-pyrrole nitrogens is 1. The quantitative estimate of drug-likeness (QED) is 0.122. The Kier molecular flexibility index (Phi) is 11.9. The van der Waals surface area contributed by atoms with E-state index in [-0.39, 0.29) is 56.0 Å². The molecule has 48 heavy (non-hydrogen) atoms. The molecule has 14 nitrogen and oxygen atoms in total. The summed E-state index contributed by atoms with van der Waals surface area (Å²) in [6, 6.07) is 4.09. The summed E-state index contributed by atoms with van der Waals surface area (Å²) < 4.78 is 0. The highest BCUT2D eigenvalue weighted by molar-refractivity contribution is 5.96. The molecular formula is C34H49N9O5. The Morgan fingerprint density at radius 3 is 2.35 bits per heavy atom. The van der Waals surface area contributed by atoms with E-state index in [2.05, 4.69) is 31.2 Å². The number of nitrogens with one attached hydrogen (secondary N) is 5. The maximum absolute atomic E-state index is 14.1. The Morgan fingerprint density at radius 1 is 0.833 bits per heavy atom. The number of nitrogens with zero attached hydrogens (tertiary/aromatic N) is 2. The summed E-state index contributed by atoms with van der Waals surface area (Å²) in [6.45, 7) is 0.734. The summed E-state index contributed by atoms with van der Waals surface area (Å²) >= 11 is 0. The smallest absolute Gasteiger partial charge is 0.243 e. The monoisotopic (exact) mass is 663 g/mol. The van der Waals surface area contributed by atoms with Gasteiger partial charge in [0.1, 0.15) is 24.2 Å². The Balaban J connectivity index is 1.45. The number of para-hydroxylation sites is 1. The Morgan fingerprint density at radius 2 is 1.56 bits per heavy atom. The van der Waals surface area contributed by atoms with E-state index in [0.29, 0.717) is 32.2 Å². The van der Waals surface area contributed by atoms with Crippen molar-refractivity contribution in [1.82, 2.24) is 31.2 Å². The van der Waals surface area contributed by atoms with Gasteiger partial charge in [0.2, 0.25) is 29.5 Å². The molecule has 1 aromatic carbocycles. The van der Waals surface area contributed by atoms with Crippen molar-refractivity contribution in [3.05, 3.63) is 36.0 Å². The average Bonchev–Trinajstić information content (AvgIpc) is 3.73. The number of carbonyl (C=O) groups is 5. The molecule has 0 bridgehead atoms. The minimum absolute atomic E-state index is 0.000631. The number of rotatable bonds is 8. The van der Waals surface area contributed by atoms with E-state index in [9.17, 15) is 24.0 Å². The predicted octanol–water partition coefficient (Wildman–Crippen LogP) is 0.700. The molecule has 14 heteroatoms. The lowest BCUT2D eigenvalue weighted by atomic mass is 9.84. The van der Waals surface area contributed by atoms with Crippen LogP contribution in [0, 0.1) is 5.92 Å². The molecule has 3 aliphatic rings. The molecule has 5 rings (SSSR count). The number of benzene rings is 1. The van der Waals surface area contributed by atoms with Gasteiger partial charge in [-0.1, -0.05) is 50.3 Å². The van der Waals surface area contributed by atoms with Gasteiger partial charge in [0, 0.05) is 49.6 Å². The Hall–Kier alpha value is -4.62. The van der Waals surface area contributed by atoms with Crippen LogP contribution in [0.25, 0.3) is 10.9 Å². The second-order valence-corrected chi connectivity index (χ2v) is 13.2. The number of amides is 5. The minimum atomic E-state index is -1.05. The molecule has 5 amide bonds. The van der Waals surface area contributed by atoms with Gasteiger partial charge in [-0.05, 0) is 49.7 Å². The first-order valence-electron chi connectivity index (χ1n) is 17.3. The second-order valence-electron chi connectivity index (χ2n) is 13.2. The van der Waals surface area contributed by atoms with E-state index in [1.807, 2.05) is 30.5 Å². The molecule has 9 N–H and O–H groups in total. The Labute approximate surface area is 280 Å². The van der Waals surface area contributed by atoms with Crippen molar-refractivity contribution in [3.8, 4) is 0 Å². The average molecular weight is 664 g/mol. The summed E-state index contributed by atoms with van der Waals surface area (Å²) in [5.74, 6) is -1.91. The van der Waals surface area contributed by atoms with Gasteiger partial charge in [-0.2, -0.15) is 0 Å². The van der Waals surface area contributed by atoms with Crippen LogP contribution in [0.15, 0.2) is 35.5 Å². The number of hydrogen-bond acceptors (Lipinski definition) is 6. The Bertz CT molecular complexity index is 1500. The van der Waals surface area contributed by atoms with Gasteiger partial charge in [0.15, 0.2) is 5.96 Å². The topological polar surface area (TPSA) is 217 Å². The van der Waals surface area contributed by atoms with E-state index in [0.717, 1.165) is 48.6 Å². The molecule has 0 spiro atoms. The van der Waals surface area contributed by atoms with Crippen molar-refractivity contribution in [2.75, 3.05) is 19.6 Å². The molecule has 1 unspecified atom stereocenters. The minimum Gasteiger partial charge on any atom is -0.370 e. The molecule has 2 aliphatic heterocycles. The standard InChI is InChI=1S/C34H49N9O5/c35-34(36)38-15-6-12-25-30(45)37-16-14-29(44)43-17-7-13-28(43)33(48)42-26(18-21-8-2-1-3-9-21)31(46)41-27(32(47)40-25)19-22-20-39-24-11-5-4-10-23(22)24/h4-5,10-11,20-21,25-28,39H,1-3,6-9,12-19H2,(H,37,45)(H,40,47)(H,41,46)(H,42,48)(H4,35,36,38)/t25-,26+,27-,28?/m0/s1. The zero-order valence-corrected chi connectivity index (χ0v) is 27.5. The molecule has 260 valence electrons. The summed E-state index contributed by atoms with van der Waals surface area (Å²) in [4.78, 5) is 77.2. The van der Waals surface area contributed by atoms with Crippen LogP contribution in [0.2, 0.25) is 0 Å². The molecule has 1 aliphatic carbocycles. The van der Waals surface area contributed by atoms with Gasteiger partial charge in [0.05, 0.1) is 0 Å². The molecular weight excluding hydrogens is 614 g/mol. The number of aliphatic imine (C=N–C) groups is 1. The van der Waals surface area contributed by atoms with Crippen molar-refractivity contribution >= 4 is 46.4 Å². The number of aromatic amines is 1. The summed E-state index contributed by atoms with van der Waals surface area (Å²) in [6.07, 6.45) is 9.39. The summed E-state index contributed by atoms with van der Waals surface area (Å²) in [5.41, 5.74) is 12.6. The van der Waals surface area contributed by atoms with Crippen LogP contribution in [0.3, 0.4) is 0 Å². The number of nitrogens with two attached hydrogens (primary N) is 2. The van der Waals surface area contributed by atoms with Crippen LogP contribution in [0.1, 0.15) is 76.2 Å². The van der Waals surface area contributed by atoms with Gasteiger partial charge in [-0.3, -0.25) is 29.0 Å². The van der Waals surface area contributed by atoms with Gasteiger partial charge >= 0.3 is 0 Å². The molecule has 2 saturated heterocycles. The highest BCUT2D eigenvalue weighted by Crippen LogP contribution is 2.28. The number of aromatic nitrogens is 1. The van der Waals surface area contributed by atoms with E-state index in [1.165, 1.54) is 0 Å². The molecule has 0 radical (unpaired) electrons. The van der Waals surface area contributed by atoms with E-state index < -0.39 is 41.9 Å². The van der Waals surface area contributed by atoms with Crippen LogP contribution in [-0.2, 0) is 30.4 Å². The molecule has 2 aromatic rings. The van der Waals surface area contributed by atoms with Crippen LogP contribution in [-0.4, -0.2) is 89.2 Å². The highest BCUT2D eigenvalue weighted by Gasteiger charge is 2.38. The number of hydrogen-bond donors (Lipinski definition) is 7. The van der Waals surface area contributed by atoms with E-state index in [1.54, 1.807) is 4.90 Å². The van der Waals surface area contributed by atoms with Crippen LogP contribution >= 0.6 is 0 Å². The normalized spacial score (nSPS) is 25.2. The lowest BCUT2D eigenvalue weighted by Gasteiger charge is -2.31. The largest absolute Gasteiger partial charge is 0.370 e. The number of fused-ring (bicyclic) bond motifs is 2. The molecule has 4 atom stereocenters. The molecule has 3 heterocycles. The predicted molar refractivity (Wildman–Crippen MR) is 181 cm³/mol. The van der Waals surface area contributed by atoms with E-state index >= 15 is 0 Å². The molecule has 1 saturated carbocycles. The second kappa shape index (κ2) is 16.5. The van der Waals surface area contributed by atoms with Crippen LogP contribution in [0.4, 0.5) is 0 Å². The highest BCUT2D eigenvalue weighted by atomic mass is 16.2. The van der Waals surface area contributed by atoms with Crippen molar-refractivity contribution in [2.24, 2.45) is 22.4 Å². The van der Waals surface area contributed by atoms with Crippen molar-refractivity contribution in [3.63, 3.8) is 0 Å². The zero-order valence-electron chi connectivity index (χ0n) is 27.5. The number of carbonyl (C=O) groups excluding carboxylic acids is 5. The van der Waals surface area contributed by atoms with Crippen molar-refractivity contribution < 1.29 is 24.0 Å². The summed E-state index contributed by atoms with van der Waals surface area (Å²) in [7, 11) is 0. The van der Waals surface area contributed by atoms with E-state index in [4.69, 9.17) is 11.5 Å². The summed E-state index contributed by atoms with van der Waals surface area (Å²) in [5, 5.41) is 12.5. The molecule has 3 fully saturated rings. The lowest BCUT2D eigenvalue weighted by Crippen LogP contribution is -2.59. The molecule has 1 aromatic heterocycles. The third kappa shape index (κ3) is 9.04. The zero-order chi connectivity index (χ0) is 34.0. The fraction of sp³-hybridized carbons (Fsp3) is 0.588. The van der Waals surface area contributed by atoms with Gasteiger partial charge in [-0.15, -0.1) is 0 Å².